The minimum atomic E-state index is -0.130. The lowest BCUT2D eigenvalue weighted by atomic mass is 10.1. The number of carbonyl (C=O) groups is 1. The van der Waals surface area contributed by atoms with Gasteiger partial charge in [0.15, 0.2) is 0 Å². The Kier molecular flexibility index (Phi) is 4.85. The molecule has 6 heteroatoms. The molecule has 2 aromatic carbocycles. The molecule has 2 heterocycles. The van der Waals surface area contributed by atoms with E-state index in [1.54, 1.807) is 18.5 Å². The number of hydrogen-bond acceptors (Lipinski definition) is 5. The maximum atomic E-state index is 12.6. The Labute approximate surface area is 162 Å². The summed E-state index contributed by atoms with van der Waals surface area (Å²) in [5.74, 6) is 1.24. The van der Waals surface area contributed by atoms with Crippen LogP contribution < -0.4 is 5.32 Å². The summed E-state index contributed by atoms with van der Waals surface area (Å²) in [5.41, 5.74) is 4.75. The zero-order valence-corrected chi connectivity index (χ0v) is 15.8. The van der Waals surface area contributed by atoms with Crippen LogP contribution in [0.2, 0.25) is 0 Å². The highest BCUT2D eigenvalue weighted by Gasteiger charge is 2.14. The fourth-order valence-electron chi connectivity index (χ4n) is 3.11. The van der Waals surface area contributed by atoms with Crippen LogP contribution in [0.3, 0.4) is 0 Å². The molecule has 0 aliphatic carbocycles. The van der Waals surface area contributed by atoms with Gasteiger partial charge in [-0.25, -0.2) is 4.98 Å². The highest BCUT2D eigenvalue weighted by atomic mass is 16.4. The first-order valence-electron chi connectivity index (χ1n) is 9.13. The highest BCUT2D eigenvalue weighted by molar-refractivity contribution is 5.98. The first-order chi connectivity index (χ1) is 13.6. The van der Waals surface area contributed by atoms with E-state index < -0.39 is 0 Å². The van der Waals surface area contributed by atoms with Crippen LogP contribution >= 0.6 is 0 Å². The number of aromatic nitrogens is 3. The van der Waals surface area contributed by atoms with Gasteiger partial charge in [-0.1, -0.05) is 18.2 Å². The molecule has 0 radical (unpaired) electrons. The quantitative estimate of drug-likeness (QED) is 0.575. The number of fused-ring (bicyclic) bond motifs is 1. The second kappa shape index (κ2) is 7.60. The zero-order chi connectivity index (χ0) is 19.5. The topological polar surface area (TPSA) is 80.9 Å². The van der Waals surface area contributed by atoms with Gasteiger partial charge < -0.3 is 9.73 Å². The van der Waals surface area contributed by atoms with Crippen molar-refractivity contribution in [1.82, 2.24) is 20.3 Å². The minimum Gasteiger partial charge on any atom is -0.441 e. The minimum absolute atomic E-state index is 0.130. The summed E-state index contributed by atoms with van der Waals surface area (Å²) in [5, 5.41) is 2.96. The third-order valence-corrected chi connectivity index (χ3v) is 4.62. The molecule has 4 rings (SSSR count). The molecule has 4 aromatic rings. The normalized spacial score (nSPS) is 10.9. The van der Waals surface area contributed by atoms with E-state index in [-0.39, 0.29) is 5.91 Å². The van der Waals surface area contributed by atoms with Crippen molar-refractivity contribution >= 4 is 16.9 Å². The number of aryl methyl sites for hydroxylation is 2. The number of nitrogens with zero attached hydrogens (tertiary/aromatic N) is 3. The van der Waals surface area contributed by atoms with Crippen molar-refractivity contribution in [3.8, 4) is 11.5 Å². The highest BCUT2D eigenvalue weighted by Crippen LogP contribution is 2.21. The number of rotatable bonds is 5. The summed E-state index contributed by atoms with van der Waals surface area (Å²) >= 11 is 0. The Morgan fingerprint density at radius 3 is 2.50 bits per heavy atom. The zero-order valence-electron chi connectivity index (χ0n) is 15.8. The molecule has 140 valence electrons. The molecule has 0 saturated heterocycles. The summed E-state index contributed by atoms with van der Waals surface area (Å²) in [6, 6.07) is 13.4. The molecule has 1 N–H and O–H groups in total. The van der Waals surface area contributed by atoms with Gasteiger partial charge in [-0.15, -0.1) is 0 Å². The molecular weight excluding hydrogens is 352 g/mol. The Hall–Kier alpha value is -3.54. The molecule has 0 saturated carbocycles. The van der Waals surface area contributed by atoms with Gasteiger partial charge in [0, 0.05) is 36.5 Å². The summed E-state index contributed by atoms with van der Waals surface area (Å²) in [4.78, 5) is 25.7. The van der Waals surface area contributed by atoms with Crippen molar-refractivity contribution in [1.29, 1.82) is 0 Å². The van der Waals surface area contributed by atoms with Crippen LogP contribution in [-0.4, -0.2) is 27.4 Å². The lowest BCUT2D eigenvalue weighted by molar-refractivity contribution is 0.0953. The van der Waals surface area contributed by atoms with Gasteiger partial charge in [0.05, 0.1) is 16.7 Å². The summed E-state index contributed by atoms with van der Waals surface area (Å²) in [6.07, 6.45) is 3.86. The van der Waals surface area contributed by atoms with Crippen LogP contribution in [0.1, 0.15) is 27.4 Å². The van der Waals surface area contributed by atoms with Crippen molar-refractivity contribution in [3.05, 3.63) is 77.4 Å². The first kappa shape index (κ1) is 17.9. The number of nitrogens with one attached hydrogen (secondary N) is 1. The summed E-state index contributed by atoms with van der Waals surface area (Å²) in [6.45, 7) is 4.26. The lowest BCUT2D eigenvalue weighted by Crippen LogP contribution is -2.26. The fraction of sp³-hybridized carbons (Fsp3) is 0.182. The Bertz CT molecular complexity index is 1140. The van der Waals surface area contributed by atoms with Gasteiger partial charge in [-0.2, -0.15) is 0 Å². The third-order valence-electron chi connectivity index (χ3n) is 4.62. The molecule has 0 fully saturated rings. The molecule has 6 nitrogen and oxygen atoms in total. The van der Waals surface area contributed by atoms with E-state index in [0.29, 0.717) is 29.9 Å². The molecule has 0 atom stereocenters. The van der Waals surface area contributed by atoms with Crippen molar-refractivity contribution in [3.63, 3.8) is 0 Å². The van der Waals surface area contributed by atoms with E-state index >= 15 is 0 Å². The predicted octanol–water partition coefficient (Wildman–Crippen LogP) is 3.87. The fourth-order valence-corrected chi connectivity index (χ4v) is 3.11. The molecule has 28 heavy (non-hydrogen) atoms. The standard InChI is InChI=1S/C22H20N4O2/c1-14-12-19-20(24-11-10-23-19)13-17(14)21(27)25-9-8-18-15(2)28-22(26-18)16-6-4-3-5-7-16/h3-7,10-13H,8-9H2,1-2H3,(H,25,27). The maximum Gasteiger partial charge on any atom is 0.251 e. The number of amides is 1. The summed E-state index contributed by atoms with van der Waals surface area (Å²) < 4.78 is 5.77. The predicted molar refractivity (Wildman–Crippen MR) is 107 cm³/mol. The van der Waals surface area contributed by atoms with Gasteiger partial charge in [0.1, 0.15) is 5.76 Å². The van der Waals surface area contributed by atoms with Crippen LogP contribution in [0.15, 0.2) is 59.3 Å². The van der Waals surface area contributed by atoms with E-state index in [0.717, 1.165) is 28.1 Å². The van der Waals surface area contributed by atoms with Crippen molar-refractivity contribution in [2.24, 2.45) is 0 Å². The van der Waals surface area contributed by atoms with Gasteiger partial charge >= 0.3 is 0 Å². The van der Waals surface area contributed by atoms with Gasteiger partial charge in [-0.3, -0.25) is 14.8 Å². The molecule has 0 spiro atoms. The van der Waals surface area contributed by atoms with E-state index in [2.05, 4.69) is 20.3 Å². The number of hydrogen-bond donors (Lipinski definition) is 1. The Balaban J connectivity index is 1.44. The largest absolute Gasteiger partial charge is 0.441 e. The summed E-state index contributed by atoms with van der Waals surface area (Å²) in [7, 11) is 0. The van der Waals surface area contributed by atoms with Crippen LogP contribution in [0, 0.1) is 13.8 Å². The third kappa shape index (κ3) is 3.62. The van der Waals surface area contributed by atoms with Crippen LogP contribution in [-0.2, 0) is 6.42 Å². The molecule has 0 aliphatic heterocycles. The van der Waals surface area contributed by atoms with Crippen LogP contribution in [0.5, 0.6) is 0 Å². The van der Waals surface area contributed by atoms with Crippen LogP contribution in [0.25, 0.3) is 22.5 Å². The molecule has 2 aromatic heterocycles. The van der Waals surface area contributed by atoms with Crippen LogP contribution in [0.4, 0.5) is 0 Å². The van der Waals surface area contributed by atoms with E-state index in [9.17, 15) is 4.79 Å². The Morgan fingerprint density at radius 1 is 1.04 bits per heavy atom. The second-order valence-electron chi connectivity index (χ2n) is 6.61. The van der Waals surface area contributed by atoms with E-state index in [1.807, 2.05) is 50.2 Å². The smallest absolute Gasteiger partial charge is 0.251 e. The maximum absolute atomic E-state index is 12.6. The van der Waals surface area contributed by atoms with Crippen molar-refractivity contribution in [2.75, 3.05) is 6.54 Å². The number of benzene rings is 2. The molecular formula is C22H20N4O2. The molecule has 0 unspecified atom stereocenters. The molecule has 0 bridgehead atoms. The van der Waals surface area contributed by atoms with Gasteiger partial charge in [-0.05, 0) is 43.7 Å². The first-order valence-corrected chi connectivity index (χ1v) is 9.13. The molecule has 0 aliphatic rings. The SMILES string of the molecule is Cc1cc2nccnc2cc1C(=O)NCCc1nc(-c2ccccc2)oc1C. The number of carbonyl (C=O) groups excluding carboxylic acids is 1. The molecule has 1 amide bonds. The van der Waals surface area contributed by atoms with E-state index in [1.165, 1.54) is 0 Å². The lowest BCUT2D eigenvalue weighted by Gasteiger charge is -2.08. The average Bonchev–Trinajstić information content (AvgIpc) is 3.08. The Morgan fingerprint density at radius 2 is 1.75 bits per heavy atom. The average molecular weight is 372 g/mol. The monoisotopic (exact) mass is 372 g/mol. The van der Waals surface area contributed by atoms with Gasteiger partial charge in [0.25, 0.3) is 5.91 Å². The van der Waals surface area contributed by atoms with E-state index in [4.69, 9.17) is 4.42 Å². The number of oxazole rings is 1. The van der Waals surface area contributed by atoms with Crippen molar-refractivity contribution < 1.29 is 9.21 Å². The van der Waals surface area contributed by atoms with Crippen molar-refractivity contribution in [2.45, 2.75) is 20.3 Å². The van der Waals surface area contributed by atoms with Gasteiger partial charge in [0.2, 0.25) is 5.89 Å². The second-order valence-corrected chi connectivity index (χ2v) is 6.61.